The van der Waals surface area contributed by atoms with Gasteiger partial charge in [-0.2, -0.15) is 0 Å². The monoisotopic (exact) mass is 366 g/mol. The first-order valence-electron chi connectivity index (χ1n) is 11.7. The molecule has 0 aliphatic carbocycles. The van der Waals surface area contributed by atoms with Crippen LogP contribution >= 0.6 is 0 Å². The lowest BCUT2D eigenvalue weighted by Gasteiger charge is -2.27. The molecule has 1 heterocycles. The zero-order valence-corrected chi connectivity index (χ0v) is 18.0. The van der Waals surface area contributed by atoms with Crippen LogP contribution < -0.4 is 5.32 Å². The smallest absolute Gasteiger partial charge is 0.221 e. The van der Waals surface area contributed by atoms with E-state index in [0.29, 0.717) is 18.5 Å². The lowest BCUT2D eigenvalue weighted by Crippen LogP contribution is -2.39. The summed E-state index contributed by atoms with van der Waals surface area (Å²) in [6.45, 7) is 8.78. The highest BCUT2D eigenvalue weighted by Gasteiger charge is 2.27. The molecule has 1 atom stereocenters. The highest BCUT2D eigenvalue weighted by Crippen LogP contribution is 2.22. The summed E-state index contributed by atoms with van der Waals surface area (Å²) in [5.74, 6) is 0.255. The molecule has 1 saturated heterocycles. The summed E-state index contributed by atoms with van der Waals surface area (Å²) in [5, 5.41) is 3.14. The normalized spacial score (nSPS) is 17.9. The minimum atomic E-state index is 0.255. The second-order valence-electron chi connectivity index (χ2n) is 8.57. The van der Waals surface area contributed by atoms with E-state index >= 15 is 0 Å². The van der Waals surface area contributed by atoms with Gasteiger partial charge in [0.2, 0.25) is 5.91 Å². The average Bonchev–Trinajstić information content (AvgIpc) is 3.07. The van der Waals surface area contributed by atoms with E-state index in [1.165, 1.54) is 83.5 Å². The van der Waals surface area contributed by atoms with Crippen molar-refractivity contribution in [2.45, 2.75) is 129 Å². The van der Waals surface area contributed by atoms with Crippen LogP contribution in [0.15, 0.2) is 0 Å². The zero-order chi connectivity index (χ0) is 19.0. The molecule has 1 aliphatic rings. The molecule has 0 radical (unpaired) electrons. The molecular formula is C23H46N2O. The van der Waals surface area contributed by atoms with Crippen LogP contribution in [0.4, 0.5) is 0 Å². The van der Waals surface area contributed by atoms with E-state index in [0.717, 1.165) is 19.5 Å². The minimum absolute atomic E-state index is 0.255. The zero-order valence-electron chi connectivity index (χ0n) is 18.0. The Hall–Kier alpha value is -0.570. The Morgan fingerprint density at radius 2 is 1.46 bits per heavy atom. The molecule has 3 heteroatoms. The fourth-order valence-corrected chi connectivity index (χ4v) is 4.24. The minimum Gasteiger partial charge on any atom is -0.356 e. The summed E-state index contributed by atoms with van der Waals surface area (Å²) >= 11 is 0. The Kier molecular flexibility index (Phi) is 14.0. The average molecular weight is 367 g/mol. The van der Waals surface area contributed by atoms with Crippen LogP contribution in [0, 0.1) is 0 Å². The molecule has 1 amide bonds. The number of nitrogens with zero attached hydrogens (tertiary/aromatic N) is 1. The Bertz CT molecular complexity index is 343. The van der Waals surface area contributed by atoms with Gasteiger partial charge in [0, 0.05) is 25.0 Å². The molecule has 1 unspecified atom stereocenters. The second kappa shape index (κ2) is 15.5. The number of carbonyl (C=O) groups is 1. The number of hydrogen-bond donors (Lipinski definition) is 1. The van der Waals surface area contributed by atoms with Crippen molar-refractivity contribution in [2.75, 3.05) is 13.1 Å². The van der Waals surface area contributed by atoms with Gasteiger partial charge in [0.25, 0.3) is 0 Å². The van der Waals surface area contributed by atoms with E-state index in [-0.39, 0.29) is 5.91 Å². The fraction of sp³-hybridized carbons (Fsp3) is 0.957. The number of nitrogens with one attached hydrogen (secondary N) is 1. The molecule has 1 aliphatic heterocycles. The SMILES string of the molecule is CCCCCCCCCCCCCCNC(=O)CC1CCCN1C(C)C. The number of carbonyl (C=O) groups excluding carboxylic acids is 1. The topological polar surface area (TPSA) is 32.3 Å². The Balaban J connectivity index is 1.86. The Morgan fingerprint density at radius 1 is 0.923 bits per heavy atom. The maximum atomic E-state index is 12.1. The number of hydrogen-bond acceptors (Lipinski definition) is 2. The standard InChI is InChI=1S/C23H46N2O/c1-4-5-6-7-8-9-10-11-12-13-14-15-18-24-23(26)20-22-17-16-19-25(22)21(2)3/h21-22H,4-20H2,1-3H3,(H,24,26). The number of likely N-dealkylation sites (tertiary alicyclic amines) is 1. The van der Waals surface area contributed by atoms with Crippen LogP contribution in [0.5, 0.6) is 0 Å². The molecule has 1 N–H and O–H groups in total. The summed E-state index contributed by atoms with van der Waals surface area (Å²) in [7, 11) is 0. The predicted octanol–water partition coefficient (Wildman–Crippen LogP) is 6.07. The van der Waals surface area contributed by atoms with Gasteiger partial charge in [-0.3, -0.25) is 9.69 Å². The third-order valence-corrected chi connectivity index (χ3v) is 5.86. The van der Waals surface area contributed by atoms with E-state index in [4.69, 9.17) is 0 Å². The van der Waals surface area contributed by atoms with E-state index in [1.54, 1.807) is 0 Å². The highest BCUT2D eigenvalue weighted by atomic mass is 16.1. The summed E-state index contributed by atoms with van der Waals surface area (Å²) in [6, 6.07) is 1.03. The molecule has 1 fully saturated rings. The van der Waals surface area contributed by atoms with Gasteiger partial charge in [0.1, 0.15) is 0 Å². The molecule has 3 nitrogen and oxygen atoms in total. The first kappa shape index (κ1) is 23.5. The van der Waals surface area contributed by atoms with Gasteiger partial charge in [-0.25, -0.2) is 0 Å². The highest BCUT2D eigenvalue weighted by molar-refractivity contribution is 5.76. The predicted molar refractivity (Wildman–Crippen MR) is 114 cm³/mol. The molecule has 0 aromatic carbocycles. The van der Waals surface area contributed by atoms with Crippen molar-refractivity contribution in [3.05, 3.63) is 0 Å². The molecular weight excluding hydrogens is 320 g/mol. The van der Waals surface area contributed by atoms with Crippen molar-refractivity contribution in [2.24, 2.45) is 0 Å². The summed E-state index contributed by atoms with van der Waals surface area (Å²) in [5.41, 5.74) is 0. The number of rotatable bonds is 16. The van der Waals surface area contributed by atoms with Crippen molar-refractivity contribution in [1.29, 1.82) is 0 Å². The molecule has 0 saturated carbocycles. The molecule has 0 aromatic rings. The van der Waals surface area contributed by atoms with Gasteiger partial charge >= 0.3 is 0 Å². The Labute approximate surface area is 163 Å². The lowest BCUT2D eigenvalue weighted by molar-refractivity contribution is -0.122. The lowest BCUT2D eigenvalue weighted by atomic mass is 10.1. The van der Waals surface area contributed by atoms with Gasteiger partial charge < -0.3 is 5.32 Å². The van der Waals surface area contributed by atoms with Gasteiger partial charge in [0.05, 0.1) is 0 Å². The Morgan fingerprint density at radius 3 is 2.00 bits per heavy atom. The van der Waals surface area contributed by atoms with Crippen molar-refractivity contribution in [1.82, 2.24) is 10.2 Å². The maximum absolute atomic E-state index is 12.1. The van der Waals surface area contributed by atoms with E-state index < -0.39 is 0 Å². The quantitative estimate of drug-likeness (QED) is 0.336. The molecule has 26 heavy (non-hydrogen) atoms. The fourth-order valence-electron chi connectivity index (χ4n) is 4.24. The van der Waals surface area contributed by atoms with Gasteiger partial charge in [0.15, 0.2) is 0 Å². The van der Waals surface area contributed by atoms with Gasteiger partial charge in [-0.1, -0.05) is 77.6 Å². The van der Waals surface area contributed by atoms with Crippen molar-refractivity contribution < 1.29 is 4.79 Å². The third-order valence-electron chi connectivity index (χ3n) is 5.86. The molecule has 154 valence electrons. The van der Waals surface area contributed by atoms with E-state index in [2.05, 4.69) is 31.0 Å². The first-order valence-corrected chi connectivity index (χ1v) is 11.7. The molecule has 0 aromatic heterocycles. The van der Waals surface area contributed by atoms with Crippen LogP contribution in [-0.4, -0.2) is 36.0 Å². The van der Waals surface area contributed by atoms with Crippen LogP contribution in [0.2, 0.25) is 0 Å². The number of unbranched alkanes of at least 4 members (excludes halogenated alkanes) is 11. The van der Waals surface area contributed by atoms with Crippen LogP contribution in [0.3, 0.4) is 0 Å². The van der Waals surface area contributed by atoms with Crippen molar-refractivity contribution in [3.8, 4) is 0 Å². The molecule has 0 bridgehead atoms. The van der Waals surface area contributed by atoms with E-state index in [1.807, 2.05) is 0 Å². The van der Waals surface area contributed by atoms with Gasteiger partial charge in [-0.05, 0) is 39.7 Å². The third kappa shape index (κ3) is 11.2. The second-order valence-corrected chi connectivity index (χ2v) is 8.57. The van der Waals surface area contributed by atoms with Crippen LogP contribution in [0.1, 0.15) is 117 Å². The first-order chi connectivity index (χ1) is 12.6. The van der Waals surface area contributed by atoms with Crippen LogP contribution in [0.25, 0.3) is 0 Å². The number of amides is 1. The van der Waals surface area contributed by atoms with Crippen molar-refractivity contribution >= 4 is 5.91 Å². The maximum Gasteiger partial charge on any atom is 0.221 e. The van der Waals surface area contributed by atoms with Gasteiger partial charge in [-0.15, -0.1) is 0 Å². The largest absolute Gasteiger partial charge is 0.356 e. The van der Waals surface area contributed by atoms with Crippen molar-refractivity contribution in [3.63, 3.8) is 0 Å². The van der Waals surface area contributed by atoms with E-state index in [9.17, 15) is 4.79 Å². The summed E-state index contributed by atoms with van der Waals surface area (Å²) in [4.78, 5) is 14.6. The molecule has 0 spiro atoms. The van der Waals surface area contributed by atoms with Crippen LogP contribution in [-0.2, 0) is 4.79 Å². The summed E-state index contributed by atoms with van der Waals surface area (Å²) < 4.78 is 0. The molecule has 1 rings (SSSR count). The summed E-state index contributed by atoms with van der Waals surface area (Å²) in [6.07, 6.45) is 19.5.